The second-order valence-corrected chi connectivity index (χ2v) is 15.4. The van der Waals surface area contributed by atoms with Gasteiger partial charge < -0.3 is 20.4 Å². The van der Waals surface area contributed by atoms with Gasteiger partial charge in [-0.25, -0.2) is 0 Å². The SMILES string of the molecule is C1=CC2NC(c3ccc(-c4c5ccccc5c(-c5c6ccccc6c(-c6ccc(C7=CN8C=CC=CC8N7)cc6)c6ccccc56)c5ccccc45)cc3)=CN2C=C1. The van der Waals surface area contributed by atoms with Crippen molar-refractivity contribution in [3.8, 4) is 33.4 Å². The van der Waals surface area contributed by atoms with E-state index in [0.717, 1.165) is 11.4 Å². The second kappa shape index (κ2) is 13.0. The van der Waals surface area contributed by atoms with Crippen molar-refractivity contribution in [2.45, 2.75) is 12.3 Å². The number of nitrogens with one attached hydrogen (secondary N) is 2. The normalized spacial score (nSPS) is 17.8. The first-order valence-corrected chi connectivity index (χ1v) is 20.1. The first-order valence-electron chi connectivity index (χ1n) is 20.1. The van der Waals surface area contributed by atoms with Crippen LogP contribution in [0.15, 0.2) is 207 Å². The third kappa shape index (κ3) is 5.08. The predicted octanol–water partition coefficient (Wildman–Crippen LogP) is 12.5. The van der Waals surface area contributed by atoms with E-state index in [4.69, 9.17) is 0 Å². The Bertz CT molecular complexity index is 2850. The van der Waals surface area contributed by atoms with Crippen LogP contribution in [0.5, 0.6) is 0 Å². The molecule has 0 amide bonds. The Hall–Kier alpha value is -7.56. The molecule has 0 aliphatic carbocycles. The number of hydrogen-bond donors (Lipinski definition) is 2. The van der Waals surface area contributed by atoms with Crippen LogP contribution in [0.2, 0.25) is 0 Å². The maximum absolute atomic E-state index is 3.66. The van der Waals surface area contributed by atoms with Gasteiger partial charge in [0.05, 0.1) is 11.4 Å². The Balaban J connectivity index is 1.03. The van der Waals surface area contributed by atoms with Gasteiger partial charge in [-0.2, -0.15) is 0 Å². The minimum atomic E-state index is 0.165. The van der Waals surface area contributed by atoms with Crippen LogP contribution in [0.1, 0.15) is 11.1 Å². The molecule has 0 saturated heterocycles. The summed E-state index contributed by atoms with van der Waals surface area (Å²) in [5.74, 6) is 0. The molecule has 4 aliphatic rings. The van der Waals surface area contributed by atoms with Crippen LogP contribution in [0.3, 0.4) is 0 Å². The van der Waals surface area contributed by atoms with Crippen molar-refractivity contribution in [3.05, 3.63) is 218 Å². The van der Waals surface area contributed by atoms with E-state index in [-0.39, 0.29) is 12.3 Å². The van der Waals surface area contributed by atoms with Crippen LogP contribution < -0.4 is 10.6 Å². The van der Waals surface area contributed by atoms with Crippen LogP contribution in [0.25, 0.3) is 87.9 Å². The summed E-state index contributed by atoms with van der Waals surface area (Å²) in [4.78, 5) is 4.43. The van der Waals surface area contributed by atoms with Crippen molar-refractivity contribution < 1.29 is 0 Å². The van der Waals surface area contributed by atoms with Crippen molar-refractivity contribution in [1.82, 2.24) is 20.4 Å². The van der Waals surface area contributed by atoms with Gasteiger partial charge in [-0.3, -0.25) is 0 Å². The zero-order chi connectivity index (χ0) is 38.2. The number of fused-ring (bicyclic) bond motifs is 6. The molecular formula is C54H38N4. The van der Waals surface area contributed by atoms with Gasteiger partial charge in [-0.1, -0.05) is 158 Å². The second-order valence-electron chi connectivity index (χ2n) is 15.4. The lowest BCUT2D eigenvalue weighted by molar-refractivity contribution is 0.427. The molecule has 274 valence electrons. The maximum Gasteiger partial charge on any atom is 0.122 e. The van der Waals surface area contributed by atoms with Gasteiger partial charge in [0.15, 0.2) is 0 Å². The molecule has 2 atom stereocenters. The summed E-state index contributed by atoms with van der Waals surface area (Å²) in [5.41, 5.74) is 12.1. The van der Waals surface area contributed by atoms with Crippen LogP contribution in [0.4, 0.5) is 0 Å². The molecule has 8 aromatic rings. The fourth-order valence-corrected chi connectivity index (χ4v) is 9.57. The Morgan fingerprint density at radius 3 is 0.914 bits per heavy atom. The summed E-state index contributed by atoms with van der Waals surface area (Å²) in [6.45, 7) is 0. The van der Waals surface area contributed by atoms with Crippen LogP contribution >= 0.6 is 0 Å². The molecule has 0 aromatic heterocycles. The number of benzene rings is 8. The van der Waals surface area contributed by atoms with Crippen molar-refractivity contribution >= 4 is 54.5 Å². The van der Waals surface area contributed by atoms with Crippen molar-refractivity contribution in [2.24, 2.45) is 0 Å². The Labute approximate surface area is 337 Å². The Morgan fingerprint density at radius 1 is 0.310 bits per heavy atom. The summed E-state index contributed by atoms with van der Waals surface area (Å²) >= 11 is 0. The molecule has 0 radical (unpaired) electrons. The van der Waals surface area contributed by atoms with E-state index in [0.29, 0.717) is 0 Å². The monoisotopic (exact) mass is 742 g/mol. The predicted molar refractivity (Wildman–Crippen MR) is 243 cm³/mol. The standard InChI is InChI=1S/C54H38N4/c1-5-17-43-39(13-1)51(37-27-23-35(24-28-37)47-33-57-31-11-9-21-49(57)55-47)40-14-2-6-18-44(40)53(43)54-45-19-7-3-15-41(45)52(42-16-4-8-20-46(42)54)38-29-25-36(26-30-38)48-34-58-32-12-10-22-50(58)56-48/h1-34,49-50,55-56H. The van der Waals surface area contributed by atoms with E-state index >= 15 is 0 Å². The average molecular weight is 743 g/mol. The third-order valence-electron chi connectivity index (χ3n) is 12.2. The van der Waals surface area contributed by atoms with Crippen molar-refractivity contribution in [1.29, 1.82) is 0 Å². The van der Waals surface area contributed by atoms with Crippen LogP contribution in [-0.2, 0) is 0 Å². The fourth-order valence-electron chi connectivity index (χ4n) is 9.57. The van der Waals surface area contributed by atoms with E-state index in [1.165, 1.54) is 87.6 Å². The average Bonchev–Trinajstić information content (AvgIpc) is 3.93. The first-order chi connectivity index (χ1) is 28.8. The zero-order valence-electron chi connectivity index (χ0n) is 31.7. The maximum atomic E-state index is 3.66. The van der Waals surface area contributed by atoms with E-state index in [1.54, 1.807) is 0 Å². The van der Waals surface area contributed by atoms with Gasteiger partial charge in [0, 0.05) is 24.8 Å². The number of allylic oxidation sites excluding steroid dienone is 4. The molecule has 0 spiro atoms. The van der Waals surface area contributed by atoms with Gasteiger partial charge in [0.2, 0.25) is 0 Å². The number of hydrogen-bond acceptors (Lipinski definition) is 4. The van der Waals surface area contributed by atoms with Gasteiger partial charge in [0.25, 0.3) is 0 Å². The minimum Gasteiger partial charge on any atom is -0.360 e. The molecule has 4 heterocycles. The highest BCUT2D eigenvalue weighted by atomic mass is 15.3. The Kier molecular flexibility index (Phi) is 7.32. The van der Waals surface area contributed by atoms with Crippen LogP contribution in [0, 0.1) is 0 Å². The lowest BCUT2D eigenvalue weighted by atomic mass is 9.81. The fraction of sp³-hybridized carbons (Fsp3) is 0.0370. The first kappa shape index (κ1) is 32.7. The quantitative estimate of drug-likeness (QED) is 0.172. The lowest BCUT2D eigenvalue weighted by Crippen LogP contribution is -2.31. The van der Waals surface area contributed by atoms with Gasteiger partial charge >= 0.3 is 0 Å². The van der Waals surface area contributed by atoms with E-state index in [9.17, 15) is 0 Å². The van der Waals surface area contributed by atoms with Gasteiger partial charge in [-0.15, -0.1) is 0 Å². The molecule has 2 N–H and O–H groups in total. The summed E-state index contributed by atoms with van der Waals surface area (Å²) < 4.78 is 0. The van der Waals surface area contributed by atoms with Crippen molar-refractivity contribution in [2.75, 3.05) is 0 Å². The molecular weight excluding hydrogens is 705 g/mol. The Morgan fingerprint density at radius 2 is 0.603 bits per heavy atom. The molecule has 58 heavy (non-hydrogen) atoms. The highest BCUT2D eigenvalue weighted by molar-refractivity contribution is 6.30. The molecule has 4 heteroatoms. The van der Waals surface area contributed by atoms with E-state index in [2.05, 4.69) is 227 Å². The minimum absolute atomic E-state index is 0.165. The van der Waals surface area contributed by atoms with Crippen LogP contribution in [-0.4, -0.2) is 22.1 Å². The molecule has 4 aliphatic heterocycles. The summed E-state index contributed by atoms with van der Waals surface area (Å²) in [6, 6.07) is 54.2. The summed E-state index contributed by atoms with van der Waals surface area (Å²) in [7, 11) is 0. The number of nitrogens with zero attached hydrogens (tertiary/aromatic N) is 2. The smallest absolute Gasteiger partial charge is 0.122 e. The molecule has 0 fully saturated rings. The topological polar surface area (TPSA) is 30.5 Å². The molecule has 0 saturated carbocycles. The van der Waals surface area contributed by atoms with Gasteiger partial charge in [0.1, 0.15) is 12.3 Å². The lowest BCUT2D eigenvalue weighted by Gasteiger charge is -2.22. The molecule has 2 unspecified atom stereocenters. The molecule has 4 nitrogen and oxygen atoms in total. The molecule has 12 rings (SSSR count). The van der Waals surface area contributed by atoms with E-state index in [1.807, 2.05) is 0 Å². The summed E-state index contributed by atoms with van der Waals surface area (Å²) in [6.07, 6.45) is 21.6. The highest BCUT2D eigenvalue weighted by Crippen LogP contribution is 2.50. The largest absolute Gasteiger partial charge is 0.360 e. The number of rotatable bonds is 5. The molecule has 8 aromatic carbocycles. The zero-order valence-corrected chi connectivity index (χ0v) is 31.7. The van der Waals surface area contributed by atoms with Crippen molar-refractivity contribution in [3.63, 3.8) is 0 Å². The summed E-state index contributed by atoms with van der Waals surface area (Å²) in [5, 5.41) is 17.3. The highest BCUT2D eigenvalue weighted by Gasteiger charge is 2.25. The van der Waals surface area contributed by atoms with E-state index < -0.39 is 0 Å². The molecule has 0 bridgehead atoms. The van der Waals surface area contributed by atoms with Gasteiger partial charge in [-0.05, 0) is 112 Å². The third-order valence-corrected chi connectivity index (χ3v) is 12.2.